The molecule has 0 radical (unpaired) electrons. The van der Waals surface area contributed by atoms with Gasteiger partial charge in [0.15, 0.2) is 0 Å². The van der Waals surface area contributed by atoms with Crippen molar-refractivity contribution in [1.82, 2.24) is 15.6 Å². The minimum absolute atomic E-state index is 0.0986. The van der Waals surface area contributed by atoms with Gasteiger partial charge in [-0.15, -0.1) is 11.3 Å². The highest BCUT2D eigenvalue weighted by Gasteiger charge is 2.03. The van der Waals surface area contributed by atoms with E-state index in [-0.39, 0.29) is 5.91 Å². The first kappa shape index (κ1) is 13.1. The Balaban J connectivity index is 2.18. The van der Waals surface area contributed by atoms with Crippen LogP contribution in [0.1, 0.15) is 28.9 Å². The molecule has 4 nitrogen and oxygen atoms in total. The SMILES string of the molecule is CCNC(=O)CCNCc1nc(C)c(C)s1. The lowest BCUT2D eigenvalue weighted by Crippen LogP contribution is -2.27. The maximum atomic E-state index is 11.1. The van der Waals surface area contributed by atoms with Crippen LogP contribution in [0.2, 0.25) is 0 Å². The third-order valence-electron chi connectivity index (χ3n) is 2.25. The van der Waals surface area contributed by atoms with Gasteiger partial charge in [0.05, 0.1) is 5.69 Å². The number of nitrogens with one attached hydrogen (secondary N) is 2. The summed E-state index contributed by atoms with van der Waals surface area (Å²) in [5.41, 5.74) is 1.10. The molecule has 0 saturated heterocycles. The van der Waals surface area contributed by atoms with Gasteiger partial charge in [0.1, 0.15) is 5.01 Å². The van der Waals surface area contributed by atoms with E-state index in [0.717, 1.165) is 17.2 Å². The average molecular weight is 241 g/mol. The molecule has 0 fully saturated rings. The first-order chi connectivity index (χ1) is 7.63. The monoisotopic (exact) mass is 241 g/mol. The fraction of sp³-hybridized carbons (Fsp3) is 0.636. The summed E-state index contributed by atoms with van der Waals surface area (Å²) in [5.74, 6) is 0.0986. The van der Waals surface area contributed by atoms with Gasteiger partial charge in [-0.05, 0) is 20.8 Å². The van der Waals surface area contributed by atoms with Crippen molar-refractivity contribution in [1.29, 1.82) is 0 Å². The zero-order valence-corrected chi connectivity index (χ0v) is 10.9. The van der Waals surface area contributed by atoms with Crippen LogP contribution in [0.15, 0.2) is 0 Å². The maximum Gasteiger partial charge on any atom is 0.221 e. The summed E-state index contributed by atoms with van der Waals surface area (Å²) >= 11 is 1.71. The Labute approximate surface area is 100 Å². The Kier molecular flexibility index (Phi) is 5.42. The molecule has 0 aliphatic carbocycles. The van der Waals surface area contributed by atoms with E-state index in [1.807, 2.05) is 13.8 Å². The van der Waals surface area contributed by atoms with Crippen molar-refractivity contribution in [3.63, 3.8) is 0 Å². The van der Waals surface area contributed by atoms with E-state index in [9.17, 15) is 4.79 Å². The van der Waals surface area contributed by atoms with Crippen LogP contribution in [0.25, 0.3) is 0 Å². The molecular formula is C11H19N3OS. The van der Waals surface area contributed by atoms with Crippen LogP contribution in [-0.4, -0.2) is 24.0 Å². The van der Waals surface area contributed by atoms with E-state index in [4.69, 9.17) is 0 Å². The molecule has 0 saturated carbocycles. The number of hydrogen-bond acceptors (Lipinski definition) is 4. The molecule has 1 heterocycles. The van der Waals surface area contributed by atoms with E-state index in [0.29, 0.717) is 19.5 Å². The Hall–Kier alpha value is -0.940. The van der Waals surface area contributed by atoms with Crippen molar-refractivity contribution >= 4 is 17.2 Å². The average Bonchev–Trinajstić information content (AvgIpc) is 2.54. The van der Waals surface area contributed by atoms with Crippen LogP contribution in [-0.2, 0) is 11.3 Å². The normalized spacial score (nSPS) is 10.4. The molecule has 0 aliphatic heterocycles. The molecule has 5 heteroatoms. The van der Waals surface area contributed by atoms with Gasteiger partial charge in [-0.2, -0.15) is 0 Å². The van der Waals surface area contributed by atoms with E-state index in [1.165, 1.54) is 4.88 Å². The van der Waals surface area contributed by atoms with Crippen molar-refractivity contribution in [2.45, 2.75) is 33.7 Å². The molecule has 0 bridgehead atoms. The summed E-state index contributed by atoms with van der Waals surface area (Å²) in [5, 5.41) is 7.07. The first-order valence-corrected chi connectivity index (χ1v) is 6.35. The van der Waals surface area contributed by atoms with Crippen LogP contribution < -0.4 is 10.6 Å². The maximum absolute atomic E-state index is 11.1. The summed E-state index contributed by atoms with van der Waals surface area (Å²) in [4.78, 5) is 16.8. The van der Waals surface area contributed by atoms with Gasteiger partial charge in [-0.3, -0.25) is 4.79 Å². The quantitative estimate of drug-likeness (QED) is 0.740. The number of carbonyl (C=O) groups excluding carboxylic acids is 1. The number of nitrogens with zero attached hydrogens (tertiary/aromatic N) is 1. The molecule has 2 N–H and O–H groups in total. The van der Waals surface area contributed by atoms with E-state index in [1.54, 1.807) is 11.3 Å². The van der Waals surface area contributed by atoms with Crippen LogP contribution >= 0.6 is 11.3 Å². The molecule has 90 valence electrons. The largest absolute Gasteiger partial charge is 0.356 e. The van der Waals surface area contributed by atoms with Gasteiger partial charge >= 0.3 is 0 Å². The number of amides is 1. The molecule has 0 aromatic carbocycles. The highest BCUT2D eigenvalue weighted by molar-refractivity contribution is 7.11. The van der Waals surface area contributed by atoms with Gasteiger partial charge in [-0.25, -0.2) is 4.98 Å². The van der Waals surface area contributed by atoms with E-state index < -0.39 is 0 Å². The predicted octanol–water partition coefficient (Wildman–Crippen LogP) is 1.38. The molecule has 1 rings (SSSR count). The molecule has 1 aromatic heterocycles. The Morgan fingerprint density at radius 3 is 2.75 bits per heavy atom. The van der Waals surface area contributed by atoms with Gasteiger partial charge in [0.25, 0.3) is 0 Å². The Morgan fingerprint density at radius 2 is 2.19 bits per heavy atom. The molecule has 16 heavy (non-hydrogen) atoms. The fourth-order valence-corrected chi connectivity index (χ4v) is 2.20. The van der Waals surface area contributed by atoms with Crippen molar-refractivity contribution in [3.05, 3.63) is 15.6 Å². The summed E-state index contributed by atoms with van der Waals surface area (Å²) in [7, 11) is 0. The van der Waals surface area contributed by atoms with Crippen LogP contribution in [0.4, 0.5) is 0 Å². The lowest BCUT2D eigenvalue weighted by Gasteiger charge is -2.02. The van der Waals surface area contributed by atoms with Crippen LogP contribution in [0.5, 0.6) is 0 Å². The highest BCUT2D eigenvalue weighted by atomic mass is 32.1. The van der Waals surface area contributed by atoms with Crippen molar-refractivity contribution < 1.29 is 4.79 Å². The summed E-state index contributed by atoms with van der Waals surface area (Å²) in [6.07, 6.45) is 0.525. The molecule has 0 aliphatic rings. The minimum Gasteiger partial charge on any atom is -0.356 e. The Bertz CT molecular complexity index is 329. The molecule has 1 aromatic rings. The summed E-state index contributed by atoms with van der Waals surface area (Å²) < 4.78 is 0. The predicted molar refractivity (Wildman–Crippen MR) is 66.6 cm³/mol. The first-order valence-electron chi connectivity index (χ1n) is 5.53. The number of aryl methyl sites for hydroxylation is 2. The van der Waals surface area contributed by atoms with E-state index in [2.05, 4.69) is 22.5 Å². The third-order valence-corrected chi connectivity index (χ3v) is 3.32. The van der Waals surface area contributed by atoms with Gasteiger partial charge in [0.2, 0.25) is 5.91 Å². The molecule has 0 spiro atoms. The van der Waals surface area contributed by atoms with Gasteiger partial charge < -0.3 is 10.6 Å². The lowest BCUT2D eigenvalue weighted by molar-refractivity contribution is -0.120. The summed E-state index contributed by atoms with van der Waals surface area (Å²) in [6.45, 7) is 8.16. The second-order valence-corrected chi connectivity index (χ2v) is 4.92. The van der Waals surface area contributed by atoms with Crippen molar-refractivity contribution in [3.8, 4) is 0 Å². The lowest BCUT2D eigenvalue weighted by atomic mass is 10.4. The number of rotatable bonds is 6. The smallest absolute Gasteiger partial charge is 0.221 e. The zero-order chi connectivity index (χ0) is 12.0. The summed E-state index contributed by atoms with van der Waals surface area (Å²) in [6, 6.07) is 0. The number of hydrogen-bond donors (Lipinski definition) is 2. The third kappa shape index (κ3) is 4.28. The number of aromatic nitrogens is 1. The molecule has 1 amide bonds. The molecule has 0 unspecified atom stereocenters. The molecule has 0 atom stereocenters. The van der Waals surface area contributed by atoms with Crippen molar-refractivity contribution in [2.75, 3.05) is 13.1 Å². The minimum atomic E-state index is 0.0986. The van der Waals surface area contributed by atoms with E-state index >= 15 is 0 Å². The second-order valence-electron chi connectivity index (χ2n) is 3.63. The standard InChI is InChI=1S/C11H19N3OS/c1-4-13-10(15)5-6-12-7-11-14-8(2)9(3)16-11/h12H,4-7H2,1-3H3,(H,13,15). The zero-order valence-electron chi connectivity index (χ0n) is 10.1. The Morgan fingerprint density at radius 1 is 1.44 bits per heavy atom. The fourth-order valence-electron chi connectivity index (χ4n) is 1.30. The topological polar surface area (TPSA) is 54.0 Å². The number of thiazole rings is 1. The molecular weight excluding hydrogens is 222 g/mol. The second kappa shape index (κ2) is 6.60. The van der Waals surface area contributed by atoms with Crippen molar-refractivity contribution in [2.24, 2.45) is 0 Å². The number of carbonyl (C=O) groups is 1. The highest BCUT2D eigenvalue weighted by Crippen LogP contribution is 2.15. The van der Waals surface area contributed by atoms with Crippen LogP contribution in [0.3, 0.4) is 0 Å². The van der Waals surface area contributed by atoms with Crippen LogP contribution in [0, 0.1) is 13.8 Å². The van der Waals surface area contributed by atoms with Gasteiger partial charge in [0, 0.05) is 30.9 Å². The van der Waals surface area contributed by atoms with Gasteiger partial charge in [-0.1, -0.05) is 0 Å².